The maximum atomic E-state index is 12.2. The summed E-state index contributed by atoms with van der Waals surface area (Å²) in [7, 11) is -1.47. The number of carbonyl (C=O) groups excluding carboxylic acids is 2. The van der Waals surface area contributed by atoms with E-state index in [1.54, 1.807) is 6.92 Å². The average Bonchev–Trinajstić information content (AvgIpc) is 2.20. The Kier molecular flexibility index (Phi) is 4.53. The minimum absolute atomic E-state index is 0.115. The van der Waals surface area contributed by atoms with E-state index in [1.807, 2.05) is 0 Å². The highest BCUT2D eigenvalue weighted by molar-refractivity contribution is 6.76. The molecule has 1 atom stereocenters. The Labute approximate surface area is 105 Å². The molecule has 0 N–H and O–H groups in total. The van der Waals surface area contributed by atoms with Crippen LogP contribution in [0.3, 0.4) is 0 Å². The van der Waals surface area contributed by atoms with Gasteiger partial charge in [-0.05, 0) is 25.8 Å². The van der Waals surface area contributed by atoms with Gasteiger partial charge in [0.2, 0.25) is 0 Å². The van der Waals surface area contributed by atoms with Crippen LogP contribution in [0, 0.1) is 5.41 Å². The topological polar surface area (TPSA) is 43.4 Å². The molecule has 0 aromatic rings. The van der Waals surface area contributed by atoms with Gasteiger partial charge in [0.15, 0.2) is 0 Å². The Hall–Kier alpha value is -0.643. The van der Waals surface area contributed by atoms with Gasteiger partial charge in [-0.2, -0.15) is 0 Å². The summed E-state index contributed by atoms with van der Waals surface area (Å²) >= 11 is 0. The molecule has 0 aliphatic heterocycles. The van der Waals surface area contributed by atoms with Gasteiger partial charge in [-0.15, -0.1) is 0 Å². The fourth-order valence-electron chi connectivity index (χ4n) is 2.74. The molecule has 0 aromatic carbocycles. The zero-order valence-corrected chi connectivity index (χ0v) is 12.5. The summed E-state index contributed by atoms with van der Waals surface area (Å²) in [4.78, 5) is 24.4. The first-order valence-electron chi connectivity index (χ1n) is 6.52. The van der Waals surface area contributed by atoms with Crippen molar-refractivity contribution in [3.63, 3.8) is 0 Å². The Morgan fingerprint density at radius 1 is 1.35 bits per heavy atom. The molecule has 0 amide bonds. The van der Waals surface area contributed by atoms with Crippen molar-refractivity contribution in [1.29, 1.82) is 0 Å². The summed E-state index contributed by atoms with van der Waals surface area (Å²) in [6.07, 6.45) is 3.12. The summed E-state index contributed by atoms with van der Waals surface area (Å²) < 4.78 is 5.16. The molecule has 1 fully saturated rings. The zero-order chi connectivity index (χ0) is 13.1. The third-order valence-electron chi connectivity index (χ3n) is 3.29. The maximum absolute atomic E-state index is 12.2. The molecule has 0 aromatic heterocycles. The summed E-state index contributed by atoms with van der Waals surface area (Å²) in [6.45, 7) is 8.77. The molecule has 0 saturated heterocycles. The molecule has 3 nitrogen and oxygen atoms in total. The van der Waals surface area contributed by atoms with Gasteiger partial charge in [-0.1, -0.05) is 26.1 Å². The number of ether oxygens (including phenoxy) is 1. The van der Waals surface area contributed by atoms with E-state index in [-0.39, 0.29) is 11.8 Å². The van der Waals surface area contributed by atoms with E-state index in [2.05, 4.69) is 19.6 Å². The number of ketones is 1. The highest BCUT2D eigenvalue weighted by atomic mass is 28.3. The van der Waals surface area contributed by atoms with Crippen LogP contribution in [0.5, 0.6) is 0 Å². The third kappa shape index (κ3) is 3.41. The van der Waals surface area contributed by atoms with Crippen LogP contribution >= 0.6 is 0 Å². The molecular formula is C13H24O3Si. The smallest absolute Gasteiger partial charge is 0.319 e. The molecule has 0 spiro atoms. The molecule has 1 aliphatic rings. The quantitative estimate of drug-likeness (QED) is 0.441. The van der Waals surface area contributed by atoms with Crippen LogP contribution in [0.1, 0.15) is 32.6 Å². The molecule has 1 aliphatic carbocycles. The monoisotopic (exact) mass is 256 g/mol. The number of hydrogen-bond donors (Lipinski definition) is 0. The van der Waals surface area contributed by atoms with Gasteiger partial charge in [-0.25, -0.2) is 0 Å². The van der Waals surface area contributed by atoms with Crippen molar-refractivity contribution >= 4 is 19.8 Å². The summed E-state index contributed by atoms with van der Waals surface area (Å²) in [5.74, 6) is -0.156. The van der Waals surface area contributed by atoms with E-state index in [4.69, 9.17) is 4.74 Å². The van der Waals surface area contributed by atoms with Crippen LogP contribution in [-0.2, 0) is 14.3 Å². The van der Waals surface area contributed by atoms with Crippen molar-refractivity contribution in [3.8, 4) is 0 Å². The third-order valence-corrected chi connectivity index (χ3v) is 4.95. The lowest BCUT2D eigenvalue weighted by Crippen LogP contribution is -2.47. The number of rotatable bonds is 4. The van der Waals surface area contributed by atoms with Crippen LogP contribution in [0.2, 0.25) is 25.7 Å². The average molecular weight is 256 g/mol. The maximum Gasteiger partial charge on any atom is 0.319 e. The minimum atomic E-state index is -1.47. The van der Waals surface area contributed by atoms with E-state index in [1.165, 1.54) is 0 Å². The van der Waals surface area contributed by atoms with Crippen molar-refractivity contribution in [2.24, 2.45) is 5.41 Å². The fourth-order valence-corrected chi connectivity index (χ4v) is 5.07. The molecule has 17 heavy (non-hydrogen) atoms. The number of carbonyl (C=O) groups is 2. The van der Waals surface area contributed by atoms with Crippen LogP contribution in [-0.4, -0.2) is 26.4 Å². The standard InChI is InChI=1S/C13H24O3Si/c1-5-16-12(15)13(10-17(2,3)4)9-7-6-8-11(13)14/h5-10H2,1-4H3. The van der Waals surface area contributed by atoms with E-state index < -0.39 is 13.5 Å². The van der Waals surface area contributed by atoms with Gasteiger partial charge in [-0.3, -0.25) is 9.59 Å². The van der Waals surface area contributed by atoms with Crippen LogP contribution < -0.4 is 0 Å². The predicted octanol–water partition coefficient (Wildman–Crippen LogP) is 3.02. The van der Waals surface area contributed by atoms with Crippen molar-refractivity contribution in [2.45, 2.75) is 58.3 Å². The first kappa shape index (κ1) is 14.4. The minimum Gasteiger partial charge on any atom is -0.465 e. The molecule has 1 saturated carbocycles. The van der Waals surface area contributed by atoms with E-state index in [9.17, 15) is 9.59 Å². The second-order valence-electron chi connectivity index (χ2n) is 6.17. The van der Waals surface area contributed by atoms with E-state index in [0.717, 1.165) is 18.9 Å². The Morgan fingerprint density at radius 3 is 2.47 bits per heavy atom. The molecule has 98 valence electrons. The first-order valence-corrected chi connectivity index (χ1v) is 10.2. The fraction of sp³-hybridized carbons (Fsp3) is 0.846. The SMILES string of the molecule is CCOC(=O)C1(C[Si](C)(C)C)CCCCC1=O. The predicted molar refractivity (Wildman–Crippen MR) is 70.7 cm³/mol. The van der Waals surface area contributed by atoms with E-state index >= 15 is 0 Å². The zero-order valence-electron chi connectivity index (χ0n) is 11.5. The lowest BCUT2D eigenvalue weighted by atomic mass is 9.74. The highest BCUT2D eigenvalue weighted by Gasteiger charge is 2.49. The van der Waals surface area contributed by atoms with Gasteiger partial charge in [0, 0.05) is 14.5 Å². The van der Waals surface area contributed by atoms with Crippen LogP contribution in [0.25, 0.3) is 0 Å². The van der Waals surface area contributed by atoms with Crippen molar-refractivity contribution in [2.75, 3.05) is 6.61 Å². The molecular weight excluding hydrogens is 232 g/mol. The second kappa shape index (κ2) is 5.34. The number of hydrogen-bond acceptors (Lipinski definition) is 3. The van der Waals surface area contributed by atoms with E-state index in [0.29, 0.717) is 19.4 Å². The second-order valence-corrected chi connectivity index (χ2v) is 11.6. The molecule has 4 heteroatoms. The molecule has 0 heterocycles. The van der Waals surface area contributed by atoms with Crippen LogP contribution in [0.15, 0.2) is 0 Å². The van der Waals surface area contributed by atoms with Crippen LogP contribution in [0.4, 0.5) is 0 Å². The normalized spacial score (nSPS) is 25.8. The number of esters is 1. The van der Waals surface area contributed by atoms with Crippen molar-refractivity contribution in [1.82, 2.24) is 0 Å². The Morgan fingerprint density at radius 2 is 2.00 bits per heavy atom. The van der Waals surface area contributed by atoms with Gasteiger partial charge < -0.3 is 4.74 Å². The first-order chi connectivity index (χ1) is 7.82. The van der Waals surface area contributed by atoms with Gasteiger partial charge in [0.25, 0.3) is 0 Å². The Bertz CT molecular complexity index is 306. The summed E-state index contributed by atoms with van der Waals surface area (Å²) in [6, 6.07) is 0.734. The van der Waals surface area contributed by atoms with Gasteiger partial charge >= 0.3 is 5.97 Å². The van der Waals surface area contributed by atoms with Gasteiger partial charge in [0.1, 0.15) is 11.2 Å². The summed E-state index contributed by atoms with van der Waals surface area (Å²) in [5.41, 5.74) is -0.807. The Balaban J connectivity index is 2.98. The molecule has 0 radical (unpaired) electrons. The lowest BCUT2D eigenvalue weighted by molar-refractivity contribution is -0.160. The largest absolute Gasteiger partial charge is 0.465 e. The van der Waals surface area contributed by atoms with Crippen molar-refractivity contribution < 1.29 is 14.3 Å². The lowest BCUT2D eigenvalue weighted by Gasteiger charge is -2.37. The van der Waals surface area contributed by atoms with Gasteiger partial charge in [0.05, 0.1) is 6.61 Å². The molecule has 1 rings (SSSR count). The number of Topliss-reactive ketones (excluding diaryl/α,β-unsaturated/α-hetero) is 1. The highest BCUT2D eigenvalue weighted by Crippen LogP contribution is 2.41. The molecule has 0 bridgehead atoms. The van der Waals surface area contributed by atoms with Crippen molar-refractivity contribution in [3.05, 3.63) is 0 Å². The molecule has 1 unspecified atom stereocenters. The summed E-state index contributed by atoms with van der Waals surface area (Å²) in [5, 5.41) is 0.